The van der Waals surface area contributed by atoms with Crippen LogP contribution in [0.25, 0.3) is 21.5 Å². The molecule has 0 amide bonds. The van der Waals surface area contributed by atoms with Crippen molar-refractivity contribution in [2.75, 3.05) is 41.3 Å². The number of unbranched alkanes of at least 4 members (excludes halogenated alkanes) is 3. The summed E-state index contributed by atoms with van der Waals surface area (Å²) in [5, 5.41) is 31.5. The second-order valence-electron chi connectivity index (χ2n) is 15.3. The molecule has 0 aromatic heterocycles. The number of hydrazine groups is 1. The number of rotatable bonds is 20. The van der Waals surface area contributed by atoms with E-state index >= 15 is 0 Å². The molecule has 0 radical (unpaired) electrons. The van der Waals surface area contributed by atoms with Crippen LogP contribution in [0.15, 0.2) is 162 Å². The van der Waals surface area contributed by atoms with Gasteiger partial charge in [0.2, 0.25) is 6.29 Å². The minimum Gasteiger partial charge on any atom is -0.494 e. The van der Waals surface area contributed by atoms with Crippen LogP contribution >= 0.6 is 0 Å². The third-order valence-electron chi connectivity index (χ3n) is 10.9. The number of carbonyl (C=O) groups is 2. The number of aliphatic hydroxyl groups is 1. The van der Waals surface area contributed by atoms with Gasteiger partial charge in [-0.25, -0.2) is 9.59 Å². The van der Waals surface area contributed by atoms with Crippen LogP contribution in [0, 0.1) is 0 Å². The van der Waals surface area contributed by atoms with Crippen molar-refractivity contribution in [1.29, 1.82) is 0 Å². The maximum atomic E-state index is 12.0. The van der Waals surface area contributed by atoms with Crippen molar-refractivity contribution in [2.24, 2.45) is 10.2 Å². The number of anilines is 4. The van der Waals surface area contributed by atoms with Crippen LogP contribution in [-0.4, -0.2) is 36.9 Å². The largest absolute Gasteiger partial charge is 0.494 e. The summed E-state index contributed by atoms with van der Waals surface area (Å²) in [4.78, 5) is 23.1. The molecule has 65 heavy (non-hydrogen) atoms. The van der Waals surface area contributed by atoms with Crippen molar-refractivity contribution in [3.05, 3.63) is 169 Å². The summed E-state index contributed by atoms with van der Waals surface area (Å²) in [5.41, 5.74) is 13.7. The molecule has 1 heterocycles. The summed E-state index contributed by atoms with van der Waals surface area (Å²) >= 11 is 0. The van der Waals surface area contributed by atoms with Crippen LogP contribution in [0.2, 0.25) is 0 Å². The molecule has 0 saturated carbocycles. The molecule has 0 bridgehead atoms. The average molecular weight is 871 g/mol. The number of hydrogen-bond acceptors (Lipinski definition) is 13. The topological polar surface area (TPSA) is 164 Å². The number of fused-ring (bicyclic) bond motifs is 1. The van der Waals surface area contributed by atoms with Gasteiger partial charge in [-0.3, -0.25) is 0 Å². The number of carbonyl (C=O) groups excluding carboxylic acids is 2. The van der Waals surface area contributed by atoms with Crippen molar-refractivity contribution in [3.63, 3.8) is 0 Å². The Balaban J connectivity index is 0.862. The Morgan fingerprint density at radius 3 is 2.09 bits per heavy atom. The molecule has 2 atom stereocenters. The molecule has 8 rings (SSSR count). The lowest BCUT2D eigenvalue weighted by Crippen LogP contribution is -2.23. The maximum Gasteiger partial charge on any atom is 0.338 e. The number of ether oxygens (including phenoxy) is 4. The number of benzene rings is 7. The fourth-order valence-electron chi connectivity index (χ4n) is 7.51. The van der Waals surface area contributed by atoms with Crippen molar-refractivity contribution in [3.8, 4) is 11.5 Å². The van der Waals surface area contributed by atoms with Crippen LogP contribution in [0.1, 0.15) is 66.5 Å². The van der Waals surface area contributed by atoms with E-state index in [2.05, 4.69) is 34.1 Å². The molecule has 5 N–H and O–H groups in total. The molecule has 13 heteroatoms. The highest BCUT2D eigenvalue weighted by Crippen LogP contribution is 2.43. The van der Waals surface area contributed by atoms with Gasteiger partial charge in [-0.1, -0.05) is 55.1 Å². The van der Waals surface area contributed by atoms with Crippen molar-refractivity contribution >= 4 is 67.6 Å². The Morgan fingerprint density at radius 1 is 0.692 bits per heavy atom. The molecule has 1 aliphatic heterocycles. The number of azo groups is 1. The van der Waals surface area contributed by atoms with Crippen LogP contribution in [0.5, 0.6) is 11.5 Å². The standard InChI is InChI=1S/C52H50N6O7/c1-3-48(59)64-33-10-6-5-9-32-63-38-24-20-36(21-25-38)52(61)65-39-26-18-34(19-27-39)50-53-46-15-11-14-42-45(30-31-47(54-50)49(42)46)58-57-44-29-28-43(40-12-7-8-13-41(40)44)56-55-37-22-16-35(17-23-37)51(60)62-4-2/h3,7-8,11-31,50,52-56,61H,1,4-6,9-10,32-33H2,2H3. The lowest BCUT2D eigenvalue weighted by atomic mass is 10.0. The Bertz CT molecular complexity index is 2780. The molecule has 330 valence electrons. The van der Waals surface area contributed by atoms with Gasteiger partial charge in [0.1, 0.15) is 17.7 Å². The highest BCUT2D eigenvalue weighted by Gasteiger charge is 2.22. The highest BCUT2D eigenvalue weighted by atomic mass is 16.6. The summed E-state index contributed by atoms with van der Waals surface area (Å²) in [5.74, 6) is 0.505. The monoisotopic (exact) mass is 870 g/mol. The van der Waals surface area contributed by atoms with Gasteiger partial charge in [0.15, 0.2) is 0 Å². The summed E-state index contributed by atoms with van der Waals surface area (Å²) in [6.07, 6.45) is 3.41. The number of nitrogens with zero attached hydrogens (tertiary/aromatic N) is 2. The van der Waals surface area contributed by atoms with Gasteiger partial charge in [-0.2, -0.15) is 0 Å². The fraction of sp³-hybridized carbons (Fsp3) is 0.192. The molecule has 7 aromatic carbocycles. The van der Waals surface area contributed by atoms with Crippen LogP contribution < -0.4 is 31.0 Å². The highest BCUT2D eigenvalue weighted by molar-refractivity contribution is 6.09. The quantitative estimate of drug-likeness (QED) is 0.0124. The second kappa shape index (κ2) is 21.0. The Kier molecular flexibility index (Phi) is 14.1. The van der Waals surface area contributed by atoms with Crippen molar-refractivity contribution < 1.29 is 33.6 Å². The number of hydrogen-bond donors (Lipinski definition) is 5. The lowest BCUT2D eigenvalue weighted by molar-refractivity contribution is -0.137. The zero-order chi connectivity index (χ0) is 45.0. The summed E-state index contributed by atoms with van der Waals surface area (Å²) in [6.45, 7) is 6.47. The predicted octanol–water partition coefficient (Wildman–Crippen LogP) is 12.3. The van der Waals surface area contributed by atoms with Crippen LogP contribution in [0.4, 0.5) is 34.1 Å². The molecule has 0 aliphatic carbocycles. The molecular weight excluding hydrogens is 821 g/mol. The first kappa shape index (κ1) is 43.7. The third-order valence-corrected chi connectivity index (χ3v) is 10.9. The summed E-state index contributed by atoms with van der Waals surface area (Å²) < 4.78 is 21.8. The fourth-order valence-corrected chi connectivity index (χ4v) is 7.51. The molecule has 13 nitrogen and oxygen atoms in total. The minimum absolute atomic E-state index is 0.217. The number of esters is 2. The first-order chi connectivity index (χ1) is 31.9. The van der Waals surface area contributed by atoms with E-state index in [1.807, 2.05) is 109 Å². The maximum absolute atomic E-state index is 12.0. The first-order valence-corrected chi connectivity index (χ1v) is 21.6. The van der Waals surface area contributed by atoms with Crippen LogP contribution in [0.3, 0.4) is 0 Å². The Labute approximate surface area is 377 Å². The van der Waals surface area contributed by atoms with Gasteiger partial charge in [-0.15, -0.1) is 10.2 Å². The Hall–Kier alpha value is -7.90. The van der Waals surface area contributed by atoms with E-state index in [-0.39, 0.29) is 12.1 Å². The van der Waals surface area contributed by atoms with Crippen molar-refractivity contribution in [2.45, 2.75) is 45.1 Å². The van der Waals surface area contributed by atoms with Gasteiger partial charge in [0.05, 0.1) is 48.1 Å². The molecule has 0 fully saturated rings. The van der Waals surface area contributed by atoms with Crippen molar-refractivity contribution in [1.82, 2.24) is 0 Å². The first-order valence-electron chi connectivity index (χ1n) is 21.6. The minimum atomic E-state index is -1.15. The number of nitrogens with one attached hydrogen (secondary N) is 4. The second-order valence-corrected chi connectivity index (χ2v) is 15.3. The smallest absolute Gasteiger partial charge is 0.338 e. The molecule has 0 spiro atoms. The van der Waals surface area contributed by atoms with Gasteiger partial charge in [0.25, 0.3) is 0 Å². The van der Waals surface area contributed by atoms with Gasteiger partial charge >= 0.3 is 11.9 Å². The molecule has 1 aliphatic rings. The van der Waals surface area contributed by atoms with E-state index in [4.69, 9.17) is 29.2 Å². The third kappa shape index (κ3) is 10.8. The van der Waals surface area contributed by atoms with Crippen LogP contribution in [-0.2, 0) is 14.3 Å². The molecule has 7 aromatic rings. The lowest BCUT2D eigenvalue weighted by Gasteiger charge is -2.30. The number of aliphatic hydroxyl groups excluding tert-OH is 1. The Morgan fingerprint density at radius 2 is 1.35 bits per heavy atom. The van der Waals surface area contributed by atoms with E-state index in [0.717, 1.165) is 86.9 Å². The normalized spacial score (nSPS) is 13.4. The van der Waals surface area contributed by atoms with E-state index in [0.29, 0.717) is 42.4 Å². The zero-order valence-corrected chi connectivity index (χ0v) is 36.0. The summed E-state index contributed by atoms with van der Waals surface area (Å²) in [6, 6.07) is 44.0. The molecule has 2 unspecified atom stereocenters. The molecule has 0 saturated heterocycles. The van der Waals surface area contributed by atoms with E-state index < -0.39 is 12.3 Å². The SMILES string of the molecule is C=CC(=O)OCCCCCCOc1ccc(C(O)Oc2ccc(C3Nc4cccc5c(N=Nc6ccc(NNc7ccc(C(=O)OCC)cc7)c7ccccc67)ccc(c45)N3)cc2)cc1. The average Bonchev–Trinajstić information content (AvgIpc) is 3.34. The van der Waals surface area contributed by atoms with Gasteiger partial charge in [-0.05, 0) is 129 Å². The van der Waals surface area contributed by atoms with E-state index in [1.165, 1.54) is 6.08 Å². The zero-order valence-electron chi connectivity index (χ0n) is 36.0. The van der Waals surface area contributed by atoms with Gasteiger partial charge < -0.3 is 45.5 Å². The predicted molar refractivity (Wildman–Crippen MR) is 255 cm³/mol. The summed E-state index contributed by atoms with van der Waals surface area (Å²) in [7, 11) is 0. The molecular formula is C52H50N6O7. The van der Waals surface area contributed by atoms with Gasteiger partial charge in [0, 0.05) is 44.6 Å². The van der Waals surface area contributed by atoms with E-state index in [9.17, 15) is 14.7 Å². The van der Waals surface area contributed by atoms with E-state index in [1.54, 1.807) is 31.2 Å².